The SMILES string of the molecule is C=CCCN(/C(=N/C)c1cc(Cl)c(-c2c(O)cccc2F)nc1N(C=O)c1nc(C)ccc1C(C)C)C(C)CNC=O. The zero-order valence-electron chi connectivity index (χ0n) is 24.4. The lowest BCUT2D eigenvalue weighted by Crippen LogP contribution is -2.45. The van der Waals surface area contributed by atoms with Gasteiger partial charge in [0.2, 0.25) is 12.8 Å². The van der Waals surface area contributed by atoms with Crippen LogP contribution in [0.25, 0.3) is 11.3 Å². The number of phenolic OH excluding ortho intramolecular Hbond substituents is 1. The molecule has 0 aliphatic rings. The van der Waals surface area contributed by atoms with Gasteiger partial charge in [0.25, 0.3) is 0 Å². The fraction of sp³-hybridized carbons (Fsp3) is 0.323. The summed E-state index contributed by atoms with van der Waals surface area (Å²) in [6, 6.07) is 8.97. The third-order valence-electron chi connectivity index (χ3n) is 6.74. The molecule has 0 spiro atoms. The standard InChI is InChI=1S/C31H36ClFN6O3/c1-7-8-14-38(21(5)16-35-17-40)29(34-6)23-15-24(32)28(27-25(33)10-9-11-26(27)42)37-31(23)39(18-41)30-22(19(2)3)13-12-20(4)36-30/h7,9-13,15,17-19,21,42H,1,8,14,16H2,2-6H3,(H,35,40)/b34-29+. The zero-order chi connectivity index (χ0) is 31.0. The number of carbonyl (C=O) groups is 2. The summed E-state index contributed by atoms with van der Waals surface area (Å²) in [5, 5.41) is 13.3. The number of halogens is 2. The number of benzene rings is 1. The van der Waals surface area contributed by atoms with Gasteiger partial charge in [-0.3, -0.25) is 14.6 Å². The first-order chi connectivity index (χ1) is 20.1. The number of hydrogen-bond acceptors (Lipinski definition) is 6. The monoisotopic (exact) mass is 594 g/mol. The Morgan fingerprint density at radius 2 is 1.93 bits per heavy atom. The molecule has 0 fully saturated rings. The van der Waals surface area contributed by atoms with Crippen LogP contribution in [0.1, 0.15) is 49.9 Å². The molecule has 0 radical (unpaired) electrons. The third kappa shape index (κ3) is 6.94. The van der Waals surface area contributed by atoms with Crippen molar-refractivity contribution in [3.8, 4) is 17.0 Å². The lowest BCUT2D eigenvalue weighted by Gasteiger charge is -2.33. The number of aromatic nitrogens is 2. The average molecular weight is 595 g/mol. The van der Waals surface area contributed by atoms with Crippen LogP contribution in [-0.2, 0) is 9.59 Å². The molecule has 0 bridgehead atoms. The van der Waals surface area contributed by atoms with E-state index in [0.29, 0.717) is 55.2 Å². The Morgan fingerprint density at radius 3 is 2.52 bits per heavy atom. The van der Waals surface area contributed by atoms with Gasteiger partial charge in [0.05, 0.1) is 21.8 Å². The van der Waals surface area contributed by atoms with E-state index in [9.17, 15) is 14.7 Å². The van der Waals surface area contributed by atoms with Crippen LogP contribution in [0.4, 0.5) is 16.0 Å². The number of aliphatic imine (C=N–C) groups is 1. The van der Waals surface area contributed by atoms with E-state index in [1.165, 1.54) is 23.1 Å². The zero-order valence-corrected chi connectivity index (χ0v) is 25.2. The van der Waals surface area contributed by atoms with Crippen molar-refractivity contribution in [2.24, 2.45) is 4.99 Å². The highest BCUT2D eigenvalue weighted by Crippen LogP contribution is 2.40. The smallest absolute Gasteiger partial charge is 0.221 e. The quantitative estimate of drug-likeness (QED) is 0.113. The van der Waals surface area contributed by atoms with Crippen molar-refractivity contribution in [3.05, 3.63) is 76.7 Å². The molecule has 2 heterocycles. The van der Waals surface area contributed by atoms with E-state index >= 15 is 4.39 Å². The van der Waals surface area contributed by atoms with Crippen molar-refractivity contribution < 1.29 is 19.1 Å². The van der Waals surface area contributed by atoms with Gasteiger partial charge in [-0.1, -0.05) is 43.7 Å². The Kier molecular flexibility index (Phi) is 11.2. The van der Waals surface area contributed by atoms with Crippen LogP contribution in [0, 0.1) is 12.7 Å². The number of amidine groups is 1. The van der Waals surface area contributed by atoms with E-state index in [1.54, 1.807) is 19.2 Å². The number of phenols is 1. The van der Waals surface area contributed by atoms with Gasteiger partial charge in [-0.2, -0.15) is 0 Å². The lowest BCUT2D eigenvalue weighted by atomic mass is 10.0. The minimum absolute atomic E-state index is 0.000719. The van der Waals surface area contributed by atoms with Gasteiger partial charge < -0.3 is 15.3 Å². The molecule has 222 valence electrons. The maximum Gasteiger partial charge on any atom is 0.221 e. The summed E-state index contributed by atoms with van der Waals surface area (Å²) >= 11 is 6.74. The molecule has 3 rings (SSSR count). The topological polar surface area (TPSA) is 111 Å². The molecule has 42 heavy (non-hydrogen) atoms. The molecular weight excluding hydrogens is 559 g/mol. The second-order valence-corrected chi connectivity index (χ2v) is 10.4. The van der Waals surface area contributed by atoms with Crippen molar-refractivity contribution in [3.63, 3.8) is 0 Å². The summed E-state index contributed by atoms with van der Waals surface area (Å²) in [7, 11) is 1.60. The van der Waals surface area contributed by atoms with Crippen LogP contribution in [-0.4, -0.2) is 64.8 Å². The molecule has 9 nitrogen and oxygen atoms in total. The van der Waals surface area contributed by atoms with Crippen molar-refractivity contribution in [1.29, 1.82) is 0 Å². The molecule has 1 atom stereocenters. The Labute approximate surface area is 250 Å². The van der Waals surface area contributed by atoms with Crippen LogP contribution in [0.2, 0.25) is 5.02 Å². The first-order valence-corrected chi connectivity index (χ1v) is 13.9. The summed E-state index contributed by atoms with van der Waals surface area (Å²) in [6.07, 6.45) is 3.57. The molecule has 1 unspecified atom stereocenters. The highest BCUT2D eigenvalue weighted by molar-refractivity contribution is 6.33. The van der Waals surface area contributed by atoms with Gasteiger partial charge in [0, 0.05) is 31.9 Å². The van der Waals surface area contributed by atoms with Gasteiger partial charge in [0.15, 0.2) is 5.82 Å². The number of nitrogens with one attached hydrogen (secondary N) is 1. The van der Waals surface area contributed by atoms with Crippen molar-refractivity contribution in [2.45, 2.75) is 46.1 Å². The Hall–Kier alpha value is -4.31. The maximum absolute atomic E-state index is 15.1. The number of rotatable bonds is 13. The molecule has 1 aromatic carbocycles. The van der Waals surface area contributed by atoms with E-state index < -0.39 is 5.82 Å². The molecule has 2 amide bonds. The average Bonchev–Trinajstić information content (AvgIpc) is 2.95. The second-order valence-electron chi connectivity index (χ2n) is 10.0. The molecule has 3 aromatic rings. The predicted octanol–water partition coefficient (Wildman–Crippen LogP) is 5.76. The molecule has 2 aromatic heterocycles. The number of anilines is 2. The summed E-state index contributed by atoms with van der Waals surface area (Å²) in [6.45, 7) is 12.3. The molecule has 2 N–H and O–H groups in total. The molecule has 0 aliphatic carbocycles. The van der Waals surface area contributed by atoms with Crippen LogP contribution >= 0.6 is 11.6 Å². The van der Waals surface area contributed by atoms with Crippen LogP contribution < -0.4 is 10.2 Å². The second kappa shape index (κ2) is 14.5. The number of pyridine rings is 2. The highest BCUT2D eigenvalue weighted by atomic mass is 35.5. The Morgan fingerprint density at radius 1 is 1.19 bits per heavy atom. The summed E-state index contributed by atoms with van der Waals surface area (Å²) in [5.41, 5.74) is 1.57. The van der Waals surface area contributed by atoms with Gasteiger partial charge in [-0.25, -0.2) is 19.3 Å². The molecule has 0 saturated carbocycles. The predicted molar refractivity (Wildman–Crippen MR) is 165 cm³/mol. The van der Waals surface area contributed by atoms with E-state index in [0.717, 1.165) is 5.56 Å². The molecule has 0 saturated heterocycles. The minimum atomic E-state index is -0.733. The van der Waals surface area contributed by atoms with Gasteiger partial charge >= 0.3 is 0 Å². The molecular formula is C31H36ClFN6O3. The van der Waals surface area contributed by atoms with Crippen LogP contribution in [0.5, 0.6) is 5.75 Å². The number of aryl methyl sites for hydroxylation is 1. The summed E-state index contributed by atoms with van der Waals surface area (Å²) in [4.78, 5) is 41.2. The van der Waals surface area contributed by atoms with Crippen molar-refractivity contribution >= 4 is 41.9 Å². The normalized spacial score (nSPS) is 12.1. The van der Waals surface area contributed by atoms with Gasteiger partial charge in [-0.05, 0) is 56.0 Å². The maximum atomic E-state index is 15.1. The largest absolute Gasteiger partial charge is 0.507 e. The molecule has 11 heteroatoms. The Balaban J connectivity index is 2.41. The number of nitrogens with zero attached hydrogens (tertiary/aromatic N) is 5. The highest BCUT2D eigenvalue weighted by Gasteiger charge is 2.29. The fourth-order valence-corrected chi connectivity index (χ4v) is 4.89. The van der Waals surface area contributed by atoms with Crippen molar-refractivity contribution in [1.82, 2.24) is 20.2 Å². The number of hydrogen-bond donors (Lipinski definition) is 2. The lowest BCUT2D eigenvalue weighted by molar-refractivity contribution is -0.109. The fourth-order valence-electron chi connectivity index (χ4n) is 4.65. The molecule has 0 aliphatic heterocycles. The van der Waals surface area contributed by atoms with Crippen LogP contribution in [0.15, 0.2) is 54.0 Å². The number of amides is 2. The van der Waals surface area contributed by atoms with Gasteiger partial charge in [0.1, 0.15) is 23.2 Å². The first-order valence-electron chi connectivity index (χ1n) is 13.5. The van der Waals surface area contributed by atoms with E-state index in [-0.39, 0.29) is 39.8 Å². The Bertz CT molecular complexity index is 1460. The van der Waals surface area contributed by atoms with E-state index in [1.807, 2.05) is 44.7 Å². The van der Waals surface area contributed by atoms with Crippen molar-refractivity contribution in [2.75, 3.05) is 25.0 Å². The number of aromatic hydroxyl groups is 1. The minimum Gasteiger partial charge on any atom is -0.507 e. The third-order valence-corrected chi connectivity index (χ3v) is 7.03. The van der Waals surface area contributed by atoms with E-state index in [2.05, 4.69) is 21.9 Å². The number of carbonyl (C=O) groups excluding carboxylic acids is 2. The van der Waals surface area contributed by atoms with E-state index in [4.69, 9.17) is 16.6 Å². The summed E-state index contributed by atoms with van der Waals surface area (Å²) < 4.78 is 15.1. The van der Waals surface area contributed by atoms with Crippen LogP contribution in [0.3, 0.4) is 0 Å². The first kappa shape index (κ1) is 32.2. The summed E-state index contributed by atoms with van der Waals surface area (Å²) in [5.74, 6) is -0.225. The van der Waals surface area contributed by atoms with Gasteiger partial charge in [-0.15, -0.1) is 6.58 Å².